The molecule has 1 rings (SSSR count). The Morgan fingerprint density at radius 2 is 1.80 bits per heavy atom. The van der Waals surface area contributed by atoms with Gasteiger partial charge in [-0.1, -0.05) is 45.7 Å². The summed E-state index contributed by atoms with van der Waals surface area (Å²) < 4.78 is 102. The largest absolute Gasteiger partial charge is 0.461 e. The summed E-state index contributed by atoms with van der Waals surface area (Å²) in [5.41, 5.74) is 0. The minimum Gasteiger partial charge on any atom is -0.248 e. The molecule has 25 heavy (non-hydrogen) atoms. The Morgan fingerprint density at radius 1 is 1.28 bits per heavy atom. The molecule has 0 amide bonds. The molecule has 0 fully saturated rings. The van der Waals surface area contributed by atoms with Crippen molar-refractivity contribution in [3.63, 3.8) is 0 Å². The molecule has 0 saturated carbocycles. The maximum absolute atomic E-state index is 13.7. The maximum atomic E-state index is 13.7. The van der Waals surface area contributed by atoms with E-state index in [1.165, 1.54) is 11.8 Å². The summed E-state index contributed by atoms with van der Waals surface area (Å²) in [4.78, 5) is -0.799. The number of hydrogen-bond donors (Lipinski definition) is 0. The van der Waals surface area contributed by atoms with E-state index in [0.717, 1.165) is 12.2 Å². The van der Waals surface area contributed by atoms with Gasteiger partial charge in [0.05, 0.1) is 4.32 Å². The molecule has 0 aromatic rings. The molecule has 3 atom stereocenters. The van der Waals surface area contributed by atoms with Crippen LogP contribution in [-0.2, 0) is 10.8 Å². The molecule has 0 radical (unpaired) electrons. The number of rotatable bonds is 6. The number of halogens is 9. The van der Waals surface area contributed by atoms with Gasteiger partial charge in [-0.2, -0.15) is 42.5 Å². The molecule has 0 aliphatic heterocycles. The van der Waals surface area contributed by atoms with Gasteiger partial charge in [-0.25, -0.2) is 4.21 Å². The zero-order valence-electron chi connectivity index (χ0n) is 12.8. The van der Waals surface area contributed by atoms with E-state index < -0.39 is 37.4 Å². The average molecular weight is 542 g/mol. The third kappa shape index (κ3) is 4.66. The Balaban J connectivity index is 3.33. The van der Waals surface area contributed by atoms with E-state index in [-0.39, 0.29) is 16.2 Å². The lowest BCUT2D eigenvalue weighted by atomic mass is 9.97. The molecule has 1 aliphatic carbocycles. The van der Waals surface area contributed by atoms with E-state index in [4.69, 9.17) is 0 Å². The van der Waals surface area contributed by atoms with E-state index in [9.17, 15) is 34.9 Å². The van der Waals surface area contributed by atoms with Crippen LogP contribution < -0.4 is 0 Å². The second-order valence-electron chi connectivity index (χ2n) is 5.20. The molecule has 0 spiro atoms. The molecular weight excluding hydrogens is 529 g/mol. The highest BCUT2D eigenvalue weighted by molar-refractivity contribution is 9.12. The predicted molar refractivity (Wildman–Crippen MR) is 93.1 cm³/mol. The zero-order valence-corrected chi connectivity index (χ0v) is 17.6. The van der Waals surface area contributed by atoms with Crippen LogP contribution in [0.5, 0.6) is 0 Å². The quantitative estimate of drug-likeness (QED) is 0.287. The van der Waals surface area contributed by atoms with Gasteiger partial charge in [-0.15, -0.1) is 0 Å². The lowest BCUT2D eigenvalue weighted by Gasteiger charge is -2.34. The van der Waals surface area contributed by atoms with E-state index in [2.05, 4.69) is 31.9 Å². The van der Waals surface area contributed by atoms with Crippen molar-refractivity contribution in [1.82, 2.24) is 0 Å². The van der Waals surface area contributed by atoms with Crippen molar-refractivity contribution in [3.05, 3.63) is 21.5 Å². The summed E-state index contributed by atoms with van der Waals surface area (Å²) in [5, 5.41) is -6.06. The van der Waals surface area contributed by atoms with Crippen LogP contribution in [0.3, 0.4) is 0 Å². The second kappa shape index (κ2) is 7.83. The normalized spacial score (nSPS) is 25.2. The van der Waals surface area contributed by atoms with Crippen molar-refractivity contribution in [3.8, 4) is 0 Å². The standard InChI is InChI=1S/C13H13Br2F7OS2/c1-3-24-7(2)10(15)5-8(14)4-9(6-10)25(23)13(21,22)11(16,17)12(18,19)20/h4,6-7H,3,5H2,1-2H3. The lowest BCUT2D eigenvalue weighted by Crippen LogP contribution is -2.54. The highest BCUT2D eigenvalue weighted by Crippen LogP contribution is 2.51. The van der Waals surface area contributed by atoms with Crippen molar-refractivity contribution < 1.29 is 34.9 Å². The molecule has 0 aromatic carbocycles. The third-order valence-electron chi connectivity index (χ3n) is 3.38. The Hall–Kier alpha value is 0.450. The first-order valence-corrected chi connectivity index (χ1v) is 10.5. The first-order chi connectivity index (χ1) is 11.1. The smallest absolute Gasteiger partial charge is 0.248 e. The van der Waals surface area contributed by atoms with Gasteiger partial charge in [0.25, 0.3) is 0 Å². The number of allylic oxidation sites excluding steroid dienone is 3. The van der Waals surface area contributed by atoms with Crippen LogP contribution in [0.4, 0.5) is 30.7 Å². The SMILES string of the molecule is CCSC(C)C1(Br)C=C(S(=O)C(F)(F)C(F)(F)C(F)(F)F)C=C(Br)C1. The Labute approximate surface area is 163 Å². The molecule has 146 valence electrons. The Kier molecular flexibility index (Phi) is 7.35. The zero-order chi connectivity index (χ0) is 19.8. The van der Waals surface area contributed by atoms with Crippen LogP contribution in [0.15, 0.2) is 21.5 Å². The molecule has 1 nitrogen and oxygen atoms in total. The minimum absolute atomic E-state index is 0.239. The van der Waals surface area contributed by atoms with Gasteiger partial charge < -0.3 is 0 Å². The first-order valence-electron chi connectivity index (χ1n) is 6.74. The van der Waals surface area contributed by atoms with Gasteiger partial charge in [0, 0.05) is 10.2 Å². The van der Waals surface area contributed by atoms with E-state index in [0.29, 0.717) is 5.75 Å². The van der Waals surface area contributed by atoms with Crippen molar-refractivity contribution >= 4 is 54.4 Å². The van der Waals surface area contributed by atoms with Crippen LogP contribution >= 0.6 is 43.6 Å². The fourth-order valence-electron chi connectivity index (χ4n) is 1.98. The summed E-state index contributed by atoms with van der Waals surface area (Å²) in [6.45, 7) is 3.57. The number of thioether (sulfide) groups is 1. The minimum atomic E-state index is -6.53. The lowest BCUT2D eigenvalue weighted by molar-refractivity contribution is -0.331. The highest BCUT2D eigenvalue weighted by atomic mass is 79.9. The first kappa shape index (κ1) is 23.5. The van der Waals surface area contributed by atoms with Crippen LogP contribution in [0.25, 0.3) is 0 Å². The van der Waals surface area contributed by atoms with Crippen LogP contribution in [0.1, 0.15) is 20.3 Å². The molecule has 3 unspecified atom stereocenters. The maximum Gasteiger partial charge on any atom is 0.461 e. The van der Waals surface area contributed by atoms with Gasteiger partial charge in [0.2, 0.25) is 0 Å². The van der Waals surface area contributed by atoms with Crippen LogP contribution in [0, 0.1) is 0 Å². The molecular formula is C13H13Br2F7OS2. The number of alkyl halides is 8. The van der Waals surface area contributed by atoms with Crippen molar-refractivity contribution in [2.24, 2.45) is 0 Å². The second-order valence-corrected chi connectivity index (χ2v) is 10.8. The monoisotopic (exact) mass is 540 g/mol. The molecule has 0 aromatic heterocycles. The summed E-state index contributed by atoms with van der Waals surface area (Å²) in [7, 11) is -3.91. The molecule has 0 N–H and O–H groups in total. The summed E-state index contributed by atoms with van der Waals surface area (Å²) in [6.07, 6.45) is -4.37. The fraction of sp³-hybridized carbons (Fsp3) is 0.692. The molecule has 0 bridgehead atoms. The van der Waals surface area contributed by atoms with Gasteiger partial charge in [0.1, 0.15) is 10.8 Å². The van der Waals surface area contributed by atoms with Crippen LogP contribution in [0.2, 0.25) is 0 Å². The van der Waals surface area contributed by atoms with Gasteiger partial charge in [0.15, 0.2) is 0 Å². The summed E-state index contributed by atoms with van der Waals surface area (Å²) in [5.74, 6) is -5.77. The molecule has 1 aliphatic rings. The Bertz CT molecular complexity index is 604. The summed E-state index contributed by atoms with van der Waals surface area (Å²) >= 11 is 7.77. The average Bonchev–Trinajstić information content (AvgIpc) is 2.44. The molecule has 0 saturated heterocycles. The van der Waals surface area contributed by atoms with Gasteiger partial charge in [-0.3, -0.25) is 0 Å². The highest BCUT2D eigenvalue weighted by Gasteiger charge is 2.76. The fourth-order valence-corrected chi connectivity index (χ4v) is 6.45. The summed E-state index contributed by atoms with van der Waals surface area (Å²) in [6, 6.07) is 0. The van der Waals surface area contributed by atoms with Crippen molar-refractivity contribution in [2.75, 3.05) is 5.75 Å². The van der Waals surface area contributed by atoms with Gasteiger partial charge in [-0.05, 0) is 28.8 Å². The van der Waals surface area contributed by atoms with E-state index in [1.807, 2.05) is 6.92 Å². The van der Waals surface area contributed by atoms with Crippen molar-refractivity contribution in [1.29, 1.82) is 0 Å². The topological polar surface area (TPSA) is 17.1 Å². The Morgan fingerprint density at radius 3 is 2.24 bits per heavy atom. The number of hydrogen-bond acceptors (Lipinski definition) is 2. The molecule has 12 heteroatoms. The van der Waals surface area contributed by atoms with Crippen LogP contribution in [-0.4, -0.2) is 36.9 Å². The van der Waals surface area contributed by atoms with E-state index in [1.54, 1.807) is 6.92 Å². The predicted octanol–water partition coefficient (Wildman–Crippen LogP) is 6.37. The molecule has 0 heterocycles. The van der Waals surface area contributed by atoms with E-state index >= 15 is 0 Å². The van der Waals surface area contributed by atoms with Crippen molar-refractivity contribution in [2.45, 2.75) is 47.2 Å². The van der Waals surface area contributed by atoms with Gasteiger partial charge >= 0.3 is 17.4 Å². The third-order valence-corrected chi connectivity index (χ3v) is 8.03.